The molecule has 0 aromatic heterocycles. The second-order valence-corrected chi connectivity index (χ2v) is 5.39. The van der Waals surface area contributed by atoms with E-state index in [1.165, 1.54) is 0 Å². The first-order chi connectivity index (χ1) is 11.3. The van der Waals surface area contributed by atoms with Gasteiger partial charge < -0.3 is 20.1 Å². The van der Waals surface area contributed by atoms with E-state index in [0.717, 1.165) is 30.3 Å². The third kappa shape index (κ3) is 4.81. The van der Waals surface area contributed by atoms with Crippen molar-refractivity contribution in [1.82, 2.24) is 5.32 Å². The summed E-state index contributed by atoms with van der Waals surface area (Å²) < 4.78 is 11.2. The number of carbonyl (C=O) groups excluding carboxylic acids is 1. The quantitative estimate of drug-likeness (QED) is 0.891. The number of hydrogen-bond acceptors (Lipinski definition) is 4. The van der Waals surface area contributed by atoms with Gasteiger partial charge in [-0.2, -0.15) is 0 Å². The van der Waals surface area contributed by atoms with Crippen LogP contribution in [0.4, 0.5) is 5.69 Å². The molecule has 1 atom stereocenters. The molecule has 0 spiro atoms. The van der Waals surface area contributed by atoms with Crippen LogP contribution in [0.15, 0.2) is 54.6 Å². The lowest BCUT2D eigenvalue weighted by atomic mass is 10.2. The molecule has 1 amide bonds. The fourth-order valence-corrected chi connectivity index (χ4v) is 2.40. The van der Waals surface area contributed by atoms with Crippen molar-refractivity contribution in [2.45, 2.75) is 12.5 Å². The fourth-order valence-electron chi connectivity index (χ4n) is 2.40. The number of ether oxygens (including phenoxy) is 2. The highest BCUT2D eigenvalue weighted by molar-refractivity contribution is 5.91. The first-order valence-corrected chi connectivity index (χ1v) is 7.75. The van der Waals surface area contributed by atoms with Crippen LogP contribution in [0.2, 0.25) is 0 Å². The summed E-state index contributed by atoms with van der Waals surface area (Å²) in [7, 11) is 0. The minimum Gasteiger partial charge on any atom is -0.457 e. The Labute approximate surface area is 135 Å². The molecule has 3 rings (SSSR count). The monoisotopic (exact) mass is 312 g/mol. The summed E-state index contributed by atoms with van der Waals surface area (Å²) >= 11 is 0. The van der Waals surface area contributed by atoms with Crippen LogP contribution in [0.1, 0.15) is 6.42 Å². The second-order valence-electron chi connectivity index (χ2n) is 5.39. The van der Waals surface area contributed by atoms with Crippen molar-refractivity contribution >= 4 is 11.6 Å². The largest absolute Gasteiger partial charge is 0.457 e. The number of benzene rings is 2. The maximum Gasteiger partial charge on any atom is 0.227 e. The zero-order valence-electron chi connectivity index (χ0n) is 12.8. The molecule has 0 bridgehead atoms. The number of amides is 1. The highest BCUT2D eigenvalue weighted by atomic mass is 16.5. The SMILES string of the molecule is O=C(CC1CNCCO1)Nc1ccc(Oc2ccccc2)cc1. The molecule has 5 heteroatoms. The number of rotatable bonds is 5. The minimum absolute atomic E-state index is 0.0459. The number of nitrogens with one attached hydrogen (secondary N) is 2. The van der Waals surface area contributed by atoms with E-state index in [-0.39, 0.29) is 12.0 Å². The molecule has 5 nitrogen and oxygen atoms in total. The molecule has 0 saturated carbocycles. The van der Waals surface area contributed by atoms with Crippen molar-refractivity contribution in [3.8, 4) is 11.5 Å². The molecular formula is C18H20N2O3. The molecule has 1 fully saturated rings. The topological polar surface area (TPSA) is 59.6 Å². The van der Waals surface area contributed by atoms with Gasteiger partial charge in [0.2, 0.25) is 5.91 Å². The predicted octanol–water partition coefficient (Wildman–Crippen LogP) is 2.80. The van der Waals surface area contributed by atoms with E-state index >= 15 is 0 Å². The smallest absolute Gasteiger partial charge is 0.227 e. The van der Waals surface area contributed by atoms with E-state index in [1.807, 2.05) is 54.6 Å². The normalized spacial score (nSPS) is 17.5. The first-order valence-electron chi connectivity index (χ1n) is 7.75. The molecule has 23 heavy (non-hydrogen) atoms. The summed E-state index contributed by atoms with van der Waals surface area (Å²) in [6.45, 7) is 2.22. The molecule has 1 heterocycles. The number of morpholine rings is 1. The number of para-hydroxylation sites is 1. The van der Waals surface area contributed by atoms with Crippen molar-refractivity contribution in [3.63, 3.8) is 0 Å². The summed E-state index contributed by atoms with van der Waals surface area (Å²) in [6.07, 6.45) is 0.305. The van der Waals surface area contributed by atoms with Crippen LogP contribution in [0, 0.1) is 0 Å². The van der Waals surface area contributed by atoms with Gasteiger partial charge in [0, 0.05) is 18.8 Å². The molecule has 2 aromatic rings. The highest BCUT2D eigenvalue weighted by Crippen LogP contribution is 2.22. The number of anilines is 1. The van der Waals surface area contributed by atoms with Crippen molar-refractivity contribution < 1.29 is 14.3 Å². The molecule has 2 N–H and O–H groups in total. The summed E-state index contributed by atoms with van der Waals surface area (Å²) in [5.74, 6) is 1.47. The molecule has 1 unspecified atom stereocenters. The van der Waals surface area contributed by atoms with Gasteiger partial charge in [0.25, 0.3) is 0 Å². The van der Waals surface area contributed by atoms with Crippen LogP contribution >= 0.6 is 0 Å². The van der Waals surface area contributed by atoms with Crippen molar-refractivity contribution in [2.24, 2.45) is 0 Å². The van der Waals surface area contributed by atoms with E-state index in [4.69, 9.17) is 9.47 Å². The maximum absolute atomic E-state index is 12.0. The van der Waals surface area contributed by atoms with Crippen LogP contribution in [-0.2, 0) is 9.53 Å². The maximum atomic E-state index is 12.0. The lowest BCUT2D eigenvalue weighted by molar-refractivity contribution is -0.119. The molecule has 1 saturated heterocycles. The number of carbonyl (C=O) groups is 1. The average molecular weight is 312 g/mol. The van der Waals surface area contributed by atoms with E-state index in [0.29, 0.717) is 13.0 Å². The minimum atomic E-state index is -0.0514. The second kappa shape index (κ2) is 7.76. The average Bonchev–Trinajstić information content (AvgIpc) is 2.58. The van der Waals surface area contributed by atoms with Gasteiger partial charge >= 0.3 is 0 Å². The summed E-state index contributed by atoms with van der Waals surface area (Å²) in [5, 5.41) is 6.09. The lowest BCUT2D eigenvalue weighted by Crippen LogP contribution is -2.40. The van der Waals surface area contributed by atoms with Crippen LogP contribution in [0.3, 0.4) is 0 Å². The third-order valence-electron chi connectivity index (χ3n) is 3.53. The van der Waals surface area contributed by atoms with E-state index in [1.54, 1.807) is 0 Å². The zero-order valence-corrected chi connectivity index (χ0v) is 12.8. The molecule has 0 radical (unpaired) electrons. The van der Waals surface area contributed by atoms with Crippen LogP contribution in [0.5, 0.6) is 11.5 Å². The van der Waals surface area contributed by atoms with Gasteiger partial charge in [-0.1, -0.05) is 18.2 Å². The number of hydrogen-bond donors (Lipinski definition) is 2. The molecule has 0 aliphatic carbocycles. The van der Waals surface area contributed by atoms with Gasteiger partial charge in [-0.25, -0.2) is 0 Å². The molecular weight excluding hydrogens is 292 g/mol. The molecule has 120 valence electrons. The zero-order chi connectivity index (χ0) is 15.9. The van der Waals surface area contributed by atoms with Gasteiger partial charge in [-0.3, -0.25) is 4.79 Å². The Bertz CT molecular complexity index is 622. The first kappa shape index (κ1) is 15.5. The summed E-state index contributed by atoms with van der Waals surface area (Å²) in [4.78, 5) is 12.0. The van der Waals surface area contributed by atoms with Crippen molar-refractivity contribution in [1.29, 1.82) is 0 Å². The summed E-state index contributed by atoms with van der Waals surface area (Å²) in [6, 6.07) is 16.9. The molecule has 2 aromatic carbocycles. The van der Waals surface area contributed by atoms with E-state index in [9.17, 15) is 4.79 Å². The lowest BCUT2D eigenvalue weighted by Gasteiger charge is -2.23. The van der Waals surface area contributed by atoms with Crippen molar-refractivity contribution in [2.75, 3.05) is 25.0 Å². The van der Waals surface area contributed by atoms with Crippen LogP contribution < -0.4 is 15.4 Å². The Kier molecular flexibility index (Phi) is 5.24. The standard InChI is InChI=1S/C18H20N2O3/c21-18(12-17-13-19-10-11-22-17)20-14-6-8-16(9-7-14)23-15-4-2-1-3-5-15/h1-9,17,19H,10-13H2,(H,20,21). The fraction of sp³-hybridized carbons (Fsp3) is 0.278. The highest BCUT2D eigenvalue weighted by Gasteiger charge is 2.17. The molecule has 1 aliphatic heterocycles. The Morgan fingerprint density at radius 3 is 2.57 bits per heavy atom. The van der Waals surface area contributed by atoms with E-state index < -0.39 is 0 Å². The van der Waals surface area contributed by atoms with Gasteiger partial charge in [-0.15, -0.1) is 0 Å². The Hall–Kier alpha value is -2.37. The Balaban J connectivity index is 1.51. The van der Waals surface area contributed by atoms with Gasteiger partial charge in [0.05, 0.1) is 19.1 Å². The van der Waals surface area contributed by atoms with E-state index in [2.05, 4.69) is 10.6 Å². The van der Waals surface area contributed by atoms with Gasteiger partial charge in [0.15, 0.2) is 0 Å². The third-order valence-corrected chi connectivity index (χ3v) is 3.53. The summed E-state index contributed by atoms with van der Waals surface area (Å²) in [5.41, 5.74) is 0.749. The van der Waals surface area contributed by atoms with Gasteiger partial charge in [-0.05, 0) is 36.4 Å². The Morgan fingerprint density at radius 1 is 1.13 bits per heavy atom. The van der Waals surface area contributed by atoms with Crippen molar-refractivity contribution in [3.05, 3.63) is 54.6 Å². The van der Waals surface area contributed by atoms with Crippen LogP contribution in [0.25, 0.3) is 0 Å². The predicted molar refractivity (Wildman–Crippen MR) is 88.8 cm³/mol. The molecule has 1 aliphatic rings. The van der Waals surface area contributed by atoms with Gasteiger partial charge in [0.1, 0.15) is 11.5 Å². The van der Waals surface area contributed by atoms with Crippen LogP contribution in [-0.4, -0.2) is 31.7 Å². The Morgan fingerprint density at radius 2 is 1.87 bits per heavy atom.